The molecule has 17 heavy (non-hydrogen) atoms. The molecule has 92 valence electrons. The van der Waals surface area contributed by atoms with Crippen LogP contribution < -0.4 is 5.73 Å². The number of nitrogens with two attached hydrogens (primary N) is 1. The zero-order valence-corrected chi connectivity index (χ0v) is 10.5. The zero-order valence-electron chi connectivity index (χ0n) is 10.5. The number of rotatable bonds is 3. The van der Waals surface area contributed by atoms with Crippen LogP contribution in [0.1, 0.15) is 18.4 Å². The molecule has 1 aliphatic heterocycles. The van der Waals surface area contributed by atoms with Gasteiger partial charge in [-0.25, -0.2) is 0 Å². The van der Waals surface area contributed by atoms with Crippen LogP contribution >= 0.6 is 0 Å². The molecule has 2 N–H and O–H groups in total. The predicted molar refractivity (Wildman–Crippen MR) is 72.3 cm³/mol. The standard InChI is InChI=1S/C14H21N3/c1-17-9-7-12(8-10-17)11-16-14(15)13-5-3-2-4-6-13/h2-6,12H,7-11H2,1H3,(H2,15,16). The van der Waals surface area contributed by atoms with Gasteiger partial charge >= 0.3 is 0 Å². The lowest BCUT2D eigenvalue weighted by Crippen LogP contribution is -2.31. The highest BCUT2D eigenvalue weighted by molar-refractivity contribution is 5.97. The Morgan fingerprint density at radius 3 is 2.59 bits per heavy atom. The summed E-state index contributed by atoms with van der Waals surface area (Å²) in [7, 11) is 2.18. The Bertz CT molecular complexity index is 364. The predicted octanol–water partition coefficient (Wildman–Crippen LogP) is 1.73. The second-order valence-electron chi connectivity index (χ2n) is 4.84. The molecule has 1 saturated heterocycles. The lowest BCUT2D eigenvalue weighted by Gasteiger charge is -2.27. The number of benzene rings is 1. The van der Waals surface area contributed by atoms with E-state index in [1.54, 1.807) is 0 Å². The summed E-state index contributed by atoms with van der Waals surface area (Å²) >= 11 is 0. The van der Waals surface area contributed by atoms with E-state index in [2.05, 4.69) is 16.9 Å². The van der Waals surface area contributed by atoms with Gasteiger partial charge in [0.25, 0.3) is 0 Å². The average Bonchev–Trinajstić information content (AvgIpc) is 2.39. The molecule has 0 bridgehead atoms. The summed E-state index contributed by atoms with van der Waals surface area (Å²) in [6.45, 7) is 3.24. The number of amidine groups is 1. The third-order valence-electron chi connectivity index (χ3n) is 3.43. The third kappa shape index (κ3) is 3.56. The maximum Gasteiger partial charge on any atom is 0.125 e. The molecule has 1 aromatic rings. The van der Waals surface area contributed by atoms with E-state index in [1.165, 1.54) is 25.9 Å². The molecule has 0 radical (unpaired) electrons. The lowest BCUT2D eigenvalue weighted by atomic mass is 9.97. The van der Waals surface area contributed by atoms with Crippen LogP contribution in [-0.4, -0.2) is 37.4 Å². The van der Waals surface area contributed by atoms with Crippen molar-refractivity contribution in [3.63, 3.8) is 0 Å². The number of likely N-dealkylation sites (tertiary alicyclic amines) is 1. The van der Waals surface area contributed by atoms with Crippen LogP contribution in [0.2, 0.25) is 0 Å². The number of aliphatic imine (C=N–C) groups is 1. The minimum atomic E-state index is 0.671. The molecule has 3 heteroatoms. The largest absolute Gasteiger partial charge is 0.384 e. The third-order valence-corrected chi connectivity index (χ3v) is 3.43. The average molecular weight is 231 g/mol. The molecule has 1 fully saturated rings. The Balaban J connectivity index is 1.88. The van der Waals surface area contributed by atoms with Crippen LogP contribution in [0, 0.1) is 5.92 Å². The summed E-state index contributed by atoms with van der Waals surface area (Å²) in [6.07, 6.45) is 2.48. The van der Waals surface area contributed by atoms with Crippen LogP contribution in [-0.2, 0) is 0 Å². The van der Waals surface area contributed by atoms with Gasteiger partial charge in [0.1, 0.15) is 5.84 Å². The van der Waals surface area contributed by atoms with Gasteiger partial charge in [0.15, 0.2) is 0 Å². The fourth-order valence-corrected chi connectivity index (χ4v) is 2.17. The van der Waals surface area contributed by atoms with Crippen LogP contribution in [0.15, 0.2) is 35.3 Å². The van der Waals surface area contributed by atoms with E-state index in [0.29, 0.717) is 11.8 Å². The minimum Gasteiger partial charge on any atom is -0.384 e. The van der Waals surface area contributed by atoms with Gasteiger partial charge in [0.2, 0.25) is 0 Å². The highest BCUT2D eigenvalue weighted by Gasteiger charge is 2.15. The summed E-state index contributed by atoms with van der Waals surface area (Å²) in [4.78, 5) is 6.89. The molecule has 1 aliphatic rings. The first kappa shape index (κ1) is 12.1. The van der Waals surface area contributed by atoms with E-state index in [1.807, 2.05) is 30.3 Å². The molecule has 0 atom stereocenters. The molecule has 0 aliphatic carbocycles. The molecule has 1 aromatic carbocycles. The van der Waals surface area contributed by atoms with E-state index in [9.17, 15) is 0 Å². The van der Waals surface area contributed by atoms with Gasteiger partial charge in [-0.1, -0.05) is 30.3 Å². The van der Waals surface area contributed by atoms with Gasteiger partial charge < -0.3 is 10.6 Å². The monoisotopic (exact) mass is 231 g/mol. The summed E-state index contributed by atoms with van der Waals surface area (Å²) in [6, 6.07) is 10.00. The van der Waals surface area contributed by atoms with Gasteiger partial charge in [-0.3, -0.25) is 4.99 Å². The molecule has 0 spiro atoms. The maximum absolute atomic E-state index is 5.98. The molecule has 0 aromatic heterocycles. The quantitative estimate of drug-likeness (QED) is 0.636. The number of hydrogen-bond donors (Lipinski definition) is 1. The number of nitrogens with zero attached hydrogens (tertiary/aromatic N) is 2. The first-order valence-corrected chi connectivity index (χ1v) is 6.29. The molecule has 1 heterocycles. The van der Waals surface area contributed by atoms with E-state index >= 15 is 0 Å². The number of hydrogen-bond acceptors (Lipinski definition) is 2. The molecular formula is C14H21N3. The molecule has 2 rings (SSSR count). The fraction of sp³-hybridized carbons (Fsp3) is 0.500. The molecule has 3 nitrogen and oxygen atoms in total. The maximum atomic E-state index is 5.98. The minimum absolute atomic E-state index is 0.671. The summed E-state index contributed by atoms with van der Waals surface area (Å²) in [5.74, 6) is 1.37. The normalized spacial score (nSPS) is 19.5. The highest BCUT2D eigenvalue weighted by Crippen LogP contribution is 2.16. The Hall–Kier alpha value is -1.35. The molecule has 0 unspecified atom stereocenters. The van der Waals surface area contributed by atoms with Gasteiger partial charge in [-0.2, -0.15) is 0 Å². The number of piperidine rings is 1. The van der Waals surface area contributed by atoms with E-state index in [0.717, 1.165) is 12.1 Å². The fourth-order valence-electron chi connectivity index (χ4n) is 2.17. The zero-order chi connectivity index (χ0) is 12.1. The van der Waals surface area contributed by atoms with Crippen LogP contribution in [0.4, 0.5) is 0 Å². The van der Waals surface area contributed by atoms with Crippen molar-refractivity contribution >= 4 is 5.84 Å². The van der Waals surface area contributed by atoms with Crippen molar-refractivity contribution in [2.75, 3.05) is 26.7 Å². The van der Waals surface area contributed by atoms with Crippen molar-refractivity contribution in [3.8, 4) is 0 Å². The van der Waals surface area contributed by atoms with Crippen molar-refractivity contribution in [1.82, 2.24) is 4.90 Å². The van der Waals surface area contributed by atoms with Crippen LogP contribution in [0.3, 0.4) is 0 Å². The molecule has 0 amide bonds. The van der Waals surface area contributed by atoms with E-state index < -0.39 is 0 Å². The van der Waals surface area contributed by atoms with Crippen molar-refractivity contribution in [1.29, 1.82) is 0 Å². The van der Waals surface area contributed by atoms with Gasteiger partial charge in [0.05, 0.1) is 0 Å². The second kappa shape index (κ2) is 5.82. The SMILES string of the molecule is CN1CCC(CN=C(N)c2ccccc2)CC1. The van der Waals surface area contributed by atoms with Crippen molar-refractivity contribution < 1.29 is 0 Å². The topological polar surface area (TPSA) is 41.6 Å². The molecular weight excluding hydrogens is 210 g/mol. The summed E-state index contributed by atoms with van der Waals surface area (Å²) in [5, 5.41) is 0. The summed E-state index contributed by atoms with van der Waals surface area (Å²) < 4.78 is 0. The van der Waals surface area contributed by atoms with Crippen molar-refractivity contribution in [2.45, 2.75) is 12.8 Å². The van der Waals surface area contributed by atoms with E-state index in [-0.39, 0.29) is 0 Å². The van der Waals surface area contributed by atoms with Crippen LogP contribution in [0.25, 0.3) is 0 Å². The Kier molecular flexibility index (Phi) is 4.15. The Morgan fingerprint density at radius 1 is 1.29 bits per heavy atom. The smallest absolute Gasteiger partial charge is 0.125 e. The highest BCUT2D eigenvalue weighted by atomic mass is 15.1. The van der Waals surface area contributed by atoms with Gasteiger partial charge in [0, 0.05) is 12.1 Å². The van der Waals surface area contributed by atoms with Crippen molar-refractivity contribution in [3.05, 3.63) is 35.9 Å². The Morgan fingerprint density at radius 2 is 1.94 bits per heavy atom. The lowest BCUT2D eigenvalue weighted by molar-refractivity contribution is 0.224. The van der Waals surface area contributed by atoms with Crippen molar-refractivity contribution in [2.24, 2.45) is 16.6 Å². The van der Waals surface area contributed by atoms with Gasteiger partial charge in [-0.15, -0.1) is 0 Å². The first-order valence-electron chi connectivity index (χ1n) is 6.29. The van der Waals surface area contributed by atoms with Crippen LogP contribution in [0.5, 0.6) is 0 Å². The Labute approximate surface area is 103 Å². The van der Waals surface area contributed by atoms with Gasteiger partial charge in [-0.05, 0) is 38.9 Å². The second-order valence-corrected chi connectivity index (χ2v) is 4.84. The first-order chi connectivity index (χ1) is 8.25. The summed E-state index contributed by atoms with van der Waals surface area (Å²) in [5.41, 5.74) is 7.01. The van der Waals surface area contributed by atoms with E-state index in [4.69, 9.17) is 5.73 Å². The molecule has 0 saturated carbocycles.